The number of aliphatic hydroxyl groups is 1. The Labute approximate surface area is 109 Å². The van der Waals surface area contributed by atoms with E-state index in [2.05, 4.69) is 27.1 Å². The fourth-order valence-electron chi connectivity index (χ4n) is 1.29. The lowest BCUT2D eigenvalue weighted by Crippen LogP contribution is -2.41. The molecule has 5 heteroatoms. The van der Waals surface area contributed by atoms with Gasteiger partial charge in [-0.3, -0.25) is 0 Å². The van der Waals surface area contributed by atoms with Crippen LogP contribution in [0.3, 0.4) is 0 Å². The Hall–Kier alpha value is -0.750. The molecule has 0 unspecified atom stereocenters. The fraction of sp³-hybridized carbons (Fsp3) is 0.417. The Balaban J connectivity index is 2.00. The highest BCUT2D eigenvalue weighted by Gasteiger charge is 2.15. The summed E-state index contributed by atoms with van der Waals surface area (Å²) in [4.78, 5) is 5.60. The highest BCUT2D eigenvalue weighted by Crippen LogP contribution is 2.26. The second kappa shape index (κ2) is 5.27. The molecule has 0 fully saturated rings. The summed E-state index contributed by atoms with van der Waals surface area (Å²) in [5.41, 5.74) is 0.944. The van der Waals surface area contributed by atoms with Gasteiger partial charge in [-0.05, 0) is 25.3 Å². The number of rotatable bonds is 5. The van der Waals surface area contributed by atoms with Gasteiger partial charge in [-0.25, -0.2) is 4.98 Å². The molecule has 0 bridgehead atoms. The molecule has 0 aromatic carbocycles. The van der Waals surface area contributed by atoms with Crippen LogP contribution in [-0.2, 0) is 6.54 Å². The van der Waals surface area contributed by atoms with Gasteiger partial charge in [0.1, 0.15) is 5.01 Å². The second-order valence-electron chi connectivity index (χ2n) is 4.54. The predicted molar refractivity (Wildman–Crippen MR) is 73.4 cm³/mol. The van der Waals surface area contributed by atoms with Gasteiger partial charge in [-0.2, -0.15) is 11.3 Å². The van der Waals surface area contributed by atoms with Crippen molar-refractivity contribution in [1.82, 2.24) is 10.3 Å². The van der Waals surface area contributed by atoms with E-state index in [1.54, 1.807) is 22.7 Å². The molecular formula is C12H16N2OS2. The summed E-state index contributed by atoms with van der Waals surface area (Å²) in [5, 5.41) is 17.7. The van der Waals surface area contributed by atoms with Crippen molar-refractivity contribution >= 4 is 22.7 Å². The van der Waals surface area contributed by atoms with Crippen LogP contribution < -0.4 is 5.32 Å². The first kappa shape index (κ1) is 12.7. The van der Waals surface area contributed by atoms with E-state index in [0.717, 1.165) is 11.6 Å². The number of aromatic nitrogens is 1. The van der Waals surface area contributed by atoms with E-state index in [4.69, 9.17) is 5.11 Å². The molecule has 0 aliphatic carbocycles. The third-order valence-electron chi connectivity index (χ3n) is 2.46. The largest absolute Gasteiger partial charge is 0.394 e. The molecule has 17 heavy (non-hydrogen) atoms. The van der Waals surface area contributed by atoms with Gasteiger partial charge in [0, 0.05) is 34.1 Å². The van der Waals surface area contributed by atoms with Crippen molar-refractivity contribution in [2.75, 3.05) is 6.61 Å². The van der Waals surface area contributed by atoms with Crippen molar-refractivity contribution in [2.45, 2.75) is 25.9 Å². The zero-order chi connectivity index (χ0) is 12.3. The summed E-state index contributed by atoms with van der Waals surface area (Å²) in [7, 11) is 0. The molecule has 0 saturated heterocycles. The lowest BCUT2D eigenvalue weighted by molar-refractivity contribution is 0.187. The van der Waals surface area contributed by atoms with Crippen molar-refractivity contribution in [1.29, 1.82) is 0 Å². The second-order valence-corrected chi connectivity index (χ2v) is 6.43. The number of thiazole rings is 1. The maximum Gasteiger partial charge on any atom is 0.124 e. The van der Waals surface area contributed by atoms with Crippen molar-refractivity contribution in [3.63, 3.8) is 0 Å². The van der Waals surface area contributed by atoms with E-state index in [0.29, 0.717) is 0 Å². The van der Waals surface area contributed by atoms with Crippen LogP contribution in [-0.4, -0.2) is 22.2 Å². The van der Waals surface area contributed by atoms with Gasteiger partial charge in [0.25, 0.3) is 0 Å². The molecule has 0 radical (unpaired) electrons. The Bertz CT molecular complexity index is 463. The van der Waals surface area contributed by atoms with Gasteiger partial charge in [-0.1, -0.05) is 0 Å². The van der Waals surface area contributed by atoms with E-state index >= 15 is 0 Å². The first-order chi connectivity index (χ1) is 8.11. The molecule has 0 amide bonds. The lowest BCUT2D eigenvalue weighted by atomic mass is 10.1. The summed E-state index contributed by atoms with van der Waals surface area (Å²) in [6.07, 6.45) is 1.90. The van der Waals surface area contributed by atoms with Crippen LogP contribution in [0.5, 0.6) is 0 Å². The van der Waals surface area contributed by atoms with Crippen LogP contribution in [0.1, 0.15) is 18.7 Å². The van der Waals surface area contributed by atoms with Gasteiger partial charge in [0.05, 0.1) is 6.61 Å². The predicted octanol–water partition coefficient (Wildman–Crippen LogP) is 2.73. The summed E-state index contributed by atoms with van der Waals surface area (Å²) in [5.74, 6) is 0. The molecule has 0 atom stereocenters. The molecule has 0 saturated carbocycles. The van der Waals surface area contributed by atoms with Crippen LogP contribution in [0.25, 0.3) is 10.6 Å². The smallest absolute Gasteiger partial charge is 0.124 e. The SMILES string of the molecule is CC(C)(CO)NCc1cnc(-c2ccsc2)s1. The van der Waals surface area contributed by atoms with Gasteiger partial charge in [0.2, 0.25) is 0 Å². The zero-order valence-electron chi connectivity index (χ0n) is 9.93. The lowest BCUT2D eigenvalue weighted by Gasteiger charge is -2.22. The van der Waals surface area contributed by atoms with Crippen molar-refractivity contribution < 1.29 is 5.11 Å². The van der Waals surface area contributed by atoms with E-state index in [1.807, 2.05) is 20.0 Å². The van der Waals surface area contributed by atoms with Crippen LogP contribution in [0, 0.1) is 0 Å². The Kier molecular flexibility index (Phi) is 3.93. The number of thiophene rings is 1. The molecule has 92 valence electrons. The number of aliphatic hydroxyl groups excluding tert-OH is 1. The van der Waals surface area contributed by atoms with Crippen molar-refractivity contribution in [3.05, 3.63) is 27.9 Å². The van der Waals surface area contributed by atoms with Crippen molar-refractivity contribution in [2.24, 2.45) is 0 Å². The molecule has 0 aliphatic heterocycles. The van der Waals surface area contributed by atoms with Gasteiger partial charge in [-0.15, -0.1) is 11.3 Å². The molecule has 2 N–H and O–H groups in total. The Morgan fingerprint density at radius 2 is 2.29 bits per heavy atom. The van der Waals surface area contributed by atoms with E-state index in [1.165, 1.54) is 10.4 Å². The van der Waals surface area contributed by atoms with E-state index in [9.17, 15) is 0 Å². The maximum absolute atomic E-state index is 9.15. The van der Waals surface area contributed by atoms with Gasteiger partial charge in [0.15, 0.2) is 0 Å². The average molecular weight is 268 g/mol. The number of hydrogen-bond donors (Lipinski definition) is 2. The summed E-state index contributed by atoms with van der Waals surface area (Å²) < 4.78 is 0. The fourth-order valence-corrected chi connectivity index (χ4v) is 2.85. The molecule has 2 heterocycles. The van der Waals surface area contributed by atoms with Crippen LogP contribution in [0.2, 0.25) is 0 Å². The molecule has 0 spiro atoms. The van der Waals surface area contributed by atoms with Crippen LogP contribution in [0.15, 0.2) is 23.0 Å². The molecular weight excluding hydrogens is 252 g/mol. The average Bonchev–Trinajstić information content (AvgIpc) is 2.97. The number of nitrogens with one attached hydrogen (secondary N) is 1. The third kappa shape index (κ3) is 3.35. The number of nitrogens with zero attached hydrogens (tertiary/aromatic N) is 1. The minimum absolute atomic E-state index is 0.128. The first-order valence-electron chi connectivity index (χ1n) is 5.44. The Morgan fingerprint density at radius 1 is 1.47 bits per heavy atom. The highest BCUT2D eigenvalue weighted by molar-refractivity contribution is 7.15. The normalized spacial score (nSPS) is 11.9. The summed E-state index contributed by atoms with van der Waals surface area (Å²) in [6.45, 7) is 4.83. The summed E-state index contributed by atoms with van der Waals surface area (Å²) >= 11 is 3.38. The topological polar surface area (TPSA) is 45.1 Å². The third-order valence-corrected chi connectivity index (χ3v) is 4.19. The van der Waals surface area contributed by atoms with Crippen LogP contribution in [0.4, 0.5) is 0 Å². The Morgan fingerprint density at radius 3 is 2.94 bits per heavy atom. The molecule has 3 nitrogen and oxygen atoms in total. The zero-order valence-corrected chi connectivity index (χ0v) is 11.6. The van der Waals surface area contributed by atoms with E-state index in [-0.39, 0.29) is 12.1 Å². The molecule has 2 rings (SSSR count). The number of hydrogen-bond acceptors (Lipinski definition) is 5. The summed E-state index contributed by atoms with van der Waals surface area (Å²) in [6, 6.07) is 2.08. The quantitative estimate of drug-likeness (QED) is 0.876. The standard InChI is InChI=1S/C12H16N2OS2/c1-12(2,8-15)14-6-10-5-13-11(17-10)9-3-4-16-7-9/h3-5,7,14-15H,6,8H2,1-2H3. The van der Waals surface area contributed by atoms with Gasteiger partial charge >= 0.3 is 0 Å². The molecule has 2 aromatic rings. The molecule has 2 aromatic heterocycles. The maximum atomic E-state index is 9.15. The van der Waals surface area contributed by atoms with E-state index < -0.39 is 0 Å². The minimum atomic E-state index is -0.244. The monoisotopic (exact) mass is 268 g/mol. The van der Waals surface area contributed by atoms with Gasteiger partial charge < -0.3 is 10.4 Å². The van der Waals surface area contributed by atoms with Crippen molar-refractivity contribution in [3.8, 4) is 10.6 Å². The van der Waals surface area contributed by atoms with Crippen LogP contribution >= 0.6 is 22.7 Å². The first-order valence-corrected chi connectivity index (χ1v) is 7.20. The minimum Gasteiger partial charge on any atom is -0.394 e. The molecule has 0 aliphatic rings. The highest BCUT2D eigenvalue weighted by atomic mass is 32.1.